The van der Waals surface area contributed by atoms with Crippen LogP contribution in [0.25, 0.3) is 0 Å². The molecular weight excluding hydrogens is 339 g/mol. The molecular formula is C16H14Cl2N2O3. The predicted octanol–water partition coefficient (Wildman–Crippen LogP) is 4.16. The number of fused-ring (bicyclic) bond motifs is 1. The third-order valence-corrected chi connectivity index (χ3v) is 3.90. The zero-order chi connectivity index (χ0) is 16.2. The molecule has 2 N–H and O–H groups in total. The molecule has 0 unspecified atom stereocenters. The number of carbonyl (C=O) groups is 1. The van der Waals surface area contributed by atoms with Crippen LogP contribution in [0.1, 0.15) is 6.42 Å². The van der Waals surface area contributed by atoms with E-state index in [-0.39, 0.29) is 19.1 Å². The lowest BCUT2D eigenvalue weighted by molar-refractivity contribution is -0.115. The molecule has 5 nitrogen and oxygen atoms in total. The van der Waals surface area contributed by atoms with E-state index in [1.807, 2.05) is 0 Å². The van der Waals surface area contributed by atoms with E-state index in [9.17, 15) is 4.79 Å². The molecule has 1 amide bonds. The maximum atomic E-state index is 12.0. The highest BCUT2D eigenvalue weighted by molar-refractivity contribution is 6.39. The van der Waals surface area contributed by atoms with Crippen LogP contribution in [-0.2, 0) is 4.79 Å². The number of hydrogen-bond acceptors (Lipinski definition) is 4. The van der Waals surface area contributed by atoms with Gasteiger partial charge in [-0.1, -0.05) is 29.3 Å². The molecule has 1 aliphatic rings. The van der Waals surface area contributed by atoms with E-state index in [0.717, 1.165) is 0 Å². The Morgan fingerprint density at radius 1 is 1.09 bits per heavy atom. The zero-order valence-corrected chi connectivity index (χ0v) is 13.6. The van der Waals surface area contributed by atoms with Crippen LogP contribution in [0.5, 0.6) is 11.5 Å². The van der Waals surface area contributed by atoms with Gasteiger partial charge in [0.1, 0.15) is 0 Å². The molecule has 7 heteroatoms. The molecule has 0 saturated heterocycles. The van der Waals surface area contributed by atoms with Crippen molar-refractivity contribution in [1.82, 2.24) is 0 Å². The van der Waals surface area contributed by atoms with Gasteiger partial charge in [0.05, 0.1) is 15.7 Å². The monoisotopic (exact) mass is 352 g/mol. The van der Waals surface area contributed by atoms with Gasteiger partial charge in [-0.05, 0) is 24.3 Å². The summed E-state index contributed by atoms with van der Waals surface area (Å²) in [5, 5.41) is 6.92. The molecule has 2 aromatic rings. The molecule has 3 rings (SSSR count). The fraction of sp³-hybridized carbons (Fsp3) is 0.188. The van der Waals surface area contributed by atoms with Crippen LogP contribution in [0.2, 0.25) is 10.0 Å². The average molecular weight is 353 g/mol. The second-order valence-electron chi connectivity index (χ2n) is 4.89. The van der Waals surface area contributed by atoms with Gasteiger partial charge in [-0.25, -0.2) is 0 Å². The Morgan fingerprint density at radius 3 is 2.61 bits per heavy atom. The van der Waals surface area contributed by atoms with Gasteiger partial charge in [-0.15, -0.1) is 0 Å². The summed E-state index contributed by atoms with van der Waals surface area (Å²) < 4.78 is 10.5. The number of benzene rings is 2. The number of carbonyl (C=O) groups excluding carboxylic acids is 1. The average Bonchev–Trinajstić information content (AvgIpc) is 2.98. The molecule has 1 aliphatic heterocycles. The Morgan fingerprint density at radius 2 is 1.83 bits per heavy atom. The molecule has 0 saturated carbocycles. The van der Waals surface area contributed by atoms with Crippen LogP contribution in [0.3, 0.4) is 0 Å². The fourth-order valence-corrected chi connectivity index (χ4v) is 2.70. The third-order valence-electron chi connectivity index (χ3n) is 3.27. The molecule has 1 heterocycles. The van der Waals surface area contributed by atoms with E-state index in [2.05, 4.69) is 10.6 Å². The first-order valence-corrected chi connectivity index (χ1v) is 7.76. The highest BCUT2D eigenvalue weighted by Gasteiger charge is 2.14. The molecule has 0 radical (unpaired) electrons. The number of hydrogen-bond donors (Lipinski definition) is 2. The summed E-state index contributed by atoms with van der Waals surface area (Å²) in [5.41, 5.74) is 1.29. The summed E-state index contributed by atoms with van der Waals surface area (Å²) in [7, 11) is 0. The highest BCUT2D eigenvalue weighted by atomic mass is 35.5. The van der Waals surface area contributed by atoms with Crippen LogP contribution < -0.4 is 20.1 Å². The Balaban J connectivity index is 1.52. The standard InChI is InChI=1S/C16H14Cl2N2O3/c17-11-2-1-3-12(18)16(11)19-7-6-15(21)20-10-4-5-13-14(8-10)23-9-22-13/h1-5,8,19H,6-7,9H2,(H,20,21). The third kappa shape index (κ3) is 3.81. The van der Waals surface area contributed by atoms with Crippen molar-refractivity contribution >= 4 is 40.5 Å². The lowest BCUT2D eigenvalue weighted by Gasteiger charge is -2.10. The molecule has 120 valence electrons. The number of para-hydroxylation sites is 1. The summed E-state index contributed by atoms with van der Waals surface area (Å²) in [6, 6.07) is 10.5. The van der Waals surface area contributed by atoms with Crippen LogP contribution in [0.15, 0.2) is 36.4 Å². The SMILES string of the molecule is O=C(CCNc1c(Cl)cccc1Cl)Nc1ccc2c(c1)OCO2. The maximum Gasteiger partial charge on any atom is 0.231 e. The van der Waals surface area contributed by atoms with Gasteiger partial charge in [-0.2, -0.15) is 0 Å². The zero-order valence-electron chi connectivity index (χ0n) is 12.1. The summed E-state index contributed by atoms with van der Waals surface area (Å²) in [6.07, 6.45) is 0.274. The normalized spacial score (nSPS) is 12.1. The molecule has 0 atom stereocenters. The second kappa shape index (κ2) is 6.98. The first-order chi connectivity index (χ1) is 11.1. The number of anilines is 2. The van der Waals surface area contributed by atoms with E-state index in [0.29, 0.717) is 39.5 Å². The van der Waals surface area contributed by atoms with Crippen molar-refractivity contribution in [3.05, 3.63) is 46.4 Å². The maximum absolute atomic E-state index is 12.0. The minimum absolute atomic E-state index is 0.125. The first kappa shape index (κ1) is 15.8. The van der Waals surface area contributed by atoms with Crippen molar-refractivity contribution in [1.29, 1.82) is 0 Å². The quantitative estimate of drug-likeness (QED) is 0.847. The van der Waals surface area contributed by atoms with Crippen LogP contribution in [-0.4, -0.2) is 19.2 Å². The van der Waals surface area contributed by atoms with Gasteiger partial charge >= 0.3 is 0 Å². The van der Waals surface area contributed by atoms with Gasteiger partial charge < -0.3 is 20.1 Å². The number of nitrogens with one attached hydrogen (secondary N) is 2. The van der Waals surface area contributed by atoms with E-state index < -0.39 is 0 Å². The van der Waals surface area contributed by atoms with Crippen molar-refractivity contribution < 1.29 is 14.3 Å². The van der Waals surface area contributed by atoms with Gasteiger partial charge in [-0.3, -0.25) is 4.79 Å². The van der Waals surface area contributed by atoms with E-state index in [1.165, 1.54) is 0 Å². The summed E-state index contributed by atoms with van der Waals surface area (Å²) in [5.74, 6) is 1.18. The van der Waals surface area contributed by atoms with Crippen molar-refractivity contribution in [3.8, 4) is 11.5 Å². The first-order valence-electron chi connectivity index (χ1n) is 7.01. The number of rotatable bonds is 5. The Bertz CT molecular complexity index is 717. The topological polar surface area (TPSA) is 59.6 Å². The van der Waals surface area contributed by atoms with Gasteiger partial charge in [0.15, 0.2) is 11.5 Å². The van der Waals surface area contributed by atoms with Gasteiger partial charge in [0, 0.05) is 24.7 Å². The Labute approximate surface area is 143 Å². The minimum Gasteiger partial charge on any atom is -0.454 e. The van der Waals surface area contributed by atoms with Crippen LogP contribution in [0, 0.1) is 0 Å². The molecule has 23 heavy (non-hydrogen) atoms. The number of amides is 1. The molecule has 0 aliphatic carbocycles. The second-order valence-corrected chi connectivity index (χ2v) is 5.70. The lowest BCUT2D eigenvalue weighted by atomic mass is 10.2. The van der Waals surface area contributed by atoms with Gasteiger partial charge in [0.25, 0.3) is 0 Å². The van der Waals surface area contributed by atoms with Crippen LogP contribution >= 0.6 is 23.2 Å². The summed E-state index contributed by atoms with van der Waals surface area (Å²) in [4.78, 5) is 12.0. The summed E-state index contributed by atoms with van der Waals surface area (Å²) in [6.45, 7) is 0.620. The minimum atomic E-state index is -0.125. The van der Waals surface area contributed by atoms with Crippen molar-refractivity contribution in [2.75, 3.05) is 24.0 Å². The van der Waals surface area contributed by atoms with E-state index >= 15 is 0 Å². The largest absolute Gasteiger partial charge is 0.454 e. The Kier molecular flexibility index (Phi) is 4.79. The number of ether oxygens (including phenoxy) is 2. The van der Waals surface area contributed by atoms with Crippen molar-refractivity contribution in [3.63, 3.8) is 0 Å². The Hall–Kier alpha value is -2.11. The summed E-state index contributed by atoms with van der Waals surface area (Å²) >= 11 is 12.1. The number of halogens is 2. The van der Waals surface area contributed by atoms with Crippen LogP contribution in [0.4, 0.5) is 11.4 Å². The fourth-order valence-electron chi connectivity index (χ4n) is 2.17. The van der Waals surface area contributed by atoms with E-state index in [4.69, 9.17) is 32.7 Å². The molecule has 0 spiro atoms. The molecule has 2 aromatic carbocycles. The van der Waals surface area contributed by atoms with Crippen molar-refractivity contribution in [2.45, 2.75) is 6.42 Å². The van der Waals surface area contributed by atoms with Gasteiger partial charge in [0.2, 0.25) is 12.7 Å². The van der Waals surface area contributed by atoms with Crippen molar-refractivity contribution in [2.24, 2.45) is 0 Å². The smallest absolute Gasteiger partial charge is 0.231 e. The lowest BCUT2D eigenvalue weighted by Crippen LogP contribution is -2.16. The highest BCUT2D eigenvalue weighted by Crippen LogP contribution is 2.34. The molecule has 0 aromatic heterocycles. The van der Waals surface area contributed by atoms with E-state index in [1.54, 1.807) is 36.4 Å². The molecule has 0 bridgehead atoms. The predicted molar refractivity (Wildman–Crippen MR) is 90.8 cm³/mol. The molecule has 0 fully saturated rings.